The molecule has 30 heavy (non-hydrogen) atoms. The Kier molecular flexibility index (Phi) is 5.44. The fourth-order valence-electron chi connectivity index (χ4n) is 4.33. The maximum Gasteiger partial charge on any atom is 0.229 e. The van der Waals surface area contributed by atoms with Gasteiger partial charge in [-0.1, -0.05) is 47.7 Å². The van der Waals surface area contributed by atoms with Gasteiger partial charge in [-0.3, -0.25) is 9.69 Å². The van der Waals surface area contributed by atoms with Gasteiger partial charge in [-0.15, -0.1) is 0 Å². The highest BCUT2D eigenvalue weighted by Gasteiger charge is 2.37. The van der Waals surface area contributed by atoms with Crippen LogP contribution < -0.4 is 4.90 Å². The van der Waals surface area contributed by atoms with Gasteiger partial charge in [-0.25, -0.2) is 4.98 Å². The van der Waals surface area contributed by atoms with Crippen molar-refractivity contribution in [3.8, 4) is 0 Å². The van der Waals surface area contributed by atoms with E-state index in [0.717, 1.165) is 62.9 Å². The number of aromatic nitrogens is 1. The second-order valence-electron chi connectivity index (χ2n) is 8.47. The number of carbonyl (C=O) groups is 1. The monoisotopic (exact) mass is 420 g/mol. The molecule has 0 bridgehead atoms. The van der Waals surface area contributed by atoms with Gasteiger partial charge in [-0.2, -0.15) is 0 Å². The lowest BCUT2D eigenvalue weighted by Gasteiger charge is -2.42. The summed E-state index contributed by atoms with van der Waals surface area (Å²) in [4.78, 5) is 24.5. The molecule has 2 fully saturated rings. The normalized spacial score (nSPS) is 18.0. The number of hydrogen-bond acceptors (Lipinski definition) is 5. The summed E-state index contributed by atoms with van der Waals surface area (Å²) in [7, 11) is 0. The van der Waals surface area contributed by atoms with Crippen LogP contribution in [0.15, 0.2) is 48.5 Å². The van der Waals surface area contributed by atoms with E-state index in [1.54, 1.807) is 11.3 Å². The molecule has 2 saturated heterocycles. The van der Waals surface area contributed by atoms with E-state index in [1.165, 1.54) is 15.8 Å². The Morgan fingerprint density at radius 2 is 1.83 bits per heavy atom. The molecular weight excluding hydrogens is 392 g/mol. The van der Waals surface area contributed by atoms with Crippen molar-refractivity contribution < 1.29 is 4.79 Å². The zero-order valence-corrected chi connectivity index (χ0v) is 18.3. The molecule has 2 aliphatic rings. The maximum atomic E-state index is 12.9. The van der Waals surface area contributed by atoms with Crippen molar-refractivity contribution in [3.63, 3.8) is 0 Å². The second kappa shape index (κ2) is 8.36. The van der Waals surface area contributed by atoms with E-state index in [-0.39, 0.29) is 5.92 Å². The molecule has 5 nitrogen and oxygen atoms in total. The van der Waals surface area contributed by atoms with E-state index in [0.29, 0.717) is 5.91 Å². The van der Waals surface area contributed by atoms with E-state index in [1.807, 2.05) is 0 Å². The highest BCUT2D eigenvalue weighted by Crippen LogP contribution is 2.33. The second-order valence-corrected chi connectivity index (χ2v) is 9.48. The molecule has 6 heteroatoms. The van der Waals surface area contributed by atoms with Crippen LogP contribution in [0, 0.1) is 12.8 Å². The smallest absolute Gasteiger partial charge is 0.229 e. The summed E-state index contributed by atoms with van der Waals surface area (Å²) >= 11 is 1.73. The van der Waals surface area contributed by atoms with Crippen molar-refractivity contribution in [1.29, 1.82) is 0 Å². The highest BCUT2D eigenvalue weighted by atomic mass is 32.1. The number of anilines is 1. The Labute approximate surface area is 181 Å². The number of benzene rings is 2. The SMILES string of the molecule is Cc1ccc2nc(N3CC(C(=O)N4CCN(CCc5ccccc5)CC4)C3)sc2c1. The van der Waals surface area contributed by atoms with Gasteiger partial charge < -0.3 is 9.80 Å². The maximum absolute atomic E-state index is 12.9. The van der Waals surface area contributed by atoms with Gasteiger partial charge in [0.05, 0.1) is 16.1 Å². The molecule has 1 aromatic heterocycles. The third-order valence-electron chi connectivity index (χ3n) is 6.28. The van der Waals surface area contributed by atoms with Crippen molar-refractivity contribution >= 4 is 32.6 Å². The van der Waals surface area contributed by atoms with E-state index >= 15 is 0 Å². The zero-order valence-electron chi connectivity index (χ0n) is 17.5. The summed E-state index contributed by atoms with van der Waals surface area (Å²) in [6.07, 6.45) is 1.08. The third kappa shape index (κ3) is 4.07. The molecular formula is C24H28N4OS. The molecule has 2 aliphatic heterocycles. The number of rotatable bonds is 5. The van der Waals surface area contributed by atoms with Gasteiger partial charge in [0, 0.05) is 45.8 Å². The molecule has 0 atom stereocenters. The summed E-state index contributed by atoms with van der Waals surface area (Å²) in [5.41, 5.74) is 3.70. The first-order valence-electron chi connectivity index (χ1n) is 10.8. The number of piperazine rings is 1. The van der Waals surface area contributed by atoms with Crippen LogP contribution in [0.2, 0.25) is 0 Å². The van der Waals surface area contributed by atoms with Crippen LogP contribution in [0.4, 0.5) is 5.13 Å². The van der Waals surface area contributed by atoms with Gasteiger partial charge in [0.25, 0.3) is 0 Å². The molecule has 0 unspecified atom stereocenters. The first-order chi connectivity index (χ1) is 14.7. The lowest BCUT2D eigenvalue weighted by atomic mass is 9.99. The number of carbonyl (C=O) groups excluding carboxylic acids is 1. The van der Waals surface area contributed by atoms with Crippen molar-refractivity contribution in [2.24, 2.45) is 5.92 Å². The molecule has 0 aliphatic carbocycles. The van der Waals surface area contributed by atoms with Gasteiger partial charge in [0.2, 0.25) is 5.91 Å². The van der Waals surface area contributed by atoms with Crippen LogP contribution in [0.3, 0.4) is 0 Å². The minimum absolute atomic E-state index is 0.120. The highest BCUT2D eigenvalue weighted by molar-refractivity contribution is 7.22. The van der Waals surface area contributed by atoms with E-state index < -0.39 is 0 Å². The van der Waals surface area contributed by atoms with Gasteiger partial charge in [-0.05, 0) is 36.6 Å². The molecule has 3 heterocycles. The van der Waals surface area contributed by atoms with E-state index in [2.05, 4.69) is 70.2 Å². The standard InChI is InChI=1S/C24H28N4OS/c1-18-7-8-21-22(15-18)30-24(25-21)28-16-20(17-28)23(29)27-13-11-26(12-14-27)10-9-19-5-3-2-4-6-19/h2-8,15,20H,9-14,16-17H2,1H3. The van der Waals surface area contributed by atoms with Crippen LogP contribution in [0.25, 0.3) is 10.2 Å². The number of thiazole rings is 1. The lowest BCUT2D eigenvalue weighted by molar-refractivity contribution is -0.138. The molecule has 156 valence electrons. The summed E-state index contributed by atoms with van der Waals surface area (Å²) in [5, 5.41) is 1.05. The molecule has 3 aromatic rings. The predicted molar refractivity (Wildman–Crippen MR) is 123 cm³/mol. The Morgan fingerprint density at radius 3 is 2.60 bits per heavy atom. The van der Waals surface area contributed by atoms with E-state index in [9.17, 15) is 4.79 Å². The molecule has 1 amide bonds. The zero-order chi connectivity index (χ0) is 20.5. The predicted octanol–water partition coefficient (Wildman–Crippen LogP) is 3.43. The first kappa shape index (κ1) is 19.5. The summed E-state index contributed by atoms with van der Waals surface area (Å²) in [5.74, 6) is 0.445. The van der Waals surface area contributed by atoms with Gasteiger partial charge >= 0.3 is 0 Å². The summed E-state index contributed by atoms with van der Waals surface area (Å²) in [6.45, 7) is 8.43. The van der Waals surface area contributed by atoms with Crippen molar-refractivity contribution in [3.05, 3.63) is 59.7 Å². The largest absolute Gasteiger partial charge is 0.346 e. The summed E-state index contributed by atoms with van der Waals surface area (Å²) in [6, 6.07) is 17.0. The van der Waals surface area contributed by atoms with Crippen molar-refractivity contribution in [2.45, 2.75) is 13.3 Å². The third-order valence-corrected chi connectivity index (χ3v) is 7.36. The quantitative estimate of drug-likeness (QED) is 0.634. The van der Waals surface area contributed by atoms with Crippen molar-refractivity contribution in [2.75, 3.05) is 50.7 Å². The van der Waals surface area contributed by atoms with E-state index in [4.69, 9.17) is 4.98 Å². The van der Waals surface area contributed by atoms with Crippen LogP contribution in [0.5, 0.6) is 0 Å². The minimum Gasteiger partial charge on any atom is -0.346 e. The Bertz CT molecular complexity index is 1020. The first-order valence-corrected chi connectivity index (χ1v) is 11.6. The molecule has 0 spiro atoms. The molecule has 0 N–H and O–H groups in total. The molecule has 2 aromatic carbocycles. The van der Waals surface area contributed by atoms with Crippen LogP contribution in [-0.2, 0) is 11.2 Å². The topological polar surface area (TPSA) is 39.7 Å². The van der Waals surface area contributed by atoms with Gasteiger partial charge in [0.1, 0.15) is 0 Å². The van der Waals surface area contributed by atoms with Crippen molar-refractivity contribution in [1.82, 2.24) is 14.8 Å². The number of aryl methyl sites for hydroxylation is 1. The molecule has 0 radical (unpaired) electrons. The fourth-order valence-corrected chi connectivity index (χ4v) is 5.41. The minimum atomic E-state index is 0.120. The van der Waals surface area contributed by atoms with Crippen LogP contribution in [0.1, 0.15) is 11.1 Å². The Balaban J connectivity index is 1.09. The average Bonchev–Trinajstić information content (AvgIpc) is 3.14. The fraction of sp³-hybridized carbons (Fsp3) is 0.417. The number of nitrogens with zero attached hydrogens (tertiary/aromatic N) is 4. The Hall–Kier alpha value is -2.44. The number of hydrogen-bond donors (Lipinski definition) is 0. The van der Waals surface area contributed by atoms with Crippen LogP contribution in [-0.4, -0.2) is 66.5 Å². The van der Waals surface area contributed by atoms with Gasteiger partial charge in [0.15, 0.2) is 5.13 Å². The average molecular weight is 421 g/mol. The summed E-state index contributed by atoms with van der Waals surface area (Å²) < 4.78 is 1.23. The lowest BCUT2D eigenvalue weighted by Crippen LogP contribution is -2.58. The van der Waals surface area contributed by atoms with Crippen LogP contribution >= 0.6 is 11.3 Å². The molecule has 0 saturated carbocycles. The molecule has 5 rings (SSSR count). The Morgan fingerprint density at radius 1 is 1.07 bits per heavy atom. The number of amides is 1. The number of fused-ring (bicyclic) bond motifs is 1.